The molecule has 3 aromatic rings. The first-order valence-corrected chi connectivity index (χ1v) is 14.0. The van der Waals surface area contributed by atoms with Crippen molar-refractivity contribution in [3.8, 4) is 0 Å². The molecule has 0 aliphatic heterocycles. The topological polar surface area (TPSA) is 92.3 Å². The molecular weight excluding hydrogens is 554 g/mol. The van der Waals surface area contributed by atoms with E-state index in [0.717, 1.165) is 33.8 Å². The lowest BCUT2D eigenvalue weighted by molar-refractivity contribution is 0.599. The van der Waals surface area contributed by atoms with Crippen molar-refractivity contribution in [2.45, 2.75) is 23.6 Å². The molecule has 2 N–H and O–H groups in total. The van der Waals surface area contributed by atoms with Crippen LogP contribution in [0.5, 0.6) is 0 Å². The number of halogens is 4. The van der Waals surface area contributed by atoms with Gasteiger partial charge in [-0.25, -0.2) is 16.8 Å². The molecule has 162 valence electrons. The summed E-state index contributed by atoms with van der Waals surface area (Å²) in [6.45, 7) is 3.52. The van der Waals surface area contributed by atoms with E-state index in [2.05, 4.69) is 9.44 Å². The van der Waals surface area contributed by atoms with E-state index in [1.807, 2.05) is 0 Å². The van der Waals surface area contributed by atoms with E-state index in [1.165, 1.54) is 24.3 Å². The Labute approximate surface area is 201 Å². The minimum Gasteiger partial charge on any atom is -0.277 e. The Morgan fingerprint density at radius 1 is 0.667 bits per heavy atom. The molecule has 0 aliphatic carbocycles. The molecule has 14 heteroatoms. The van der Waals surface area contributed by atoms with Crippen LogP contribution in [0.1, 0.15) is 11.1 Å². The molecule has 30 heavy (non-hydrogen) atoms. The van der Waals surface area contributed by atoms with Crippen LogP contribution in [0.4, 0.5) is 11.4 Å². The summed E-state index contributed by atoms with van der Waals surface area (Å²) in [4.78, 5) is -0.419. The van der Waals surface area contributed by atoms with Gasteiger partial charge in [0.25, 0.3) is 20.0 Å². The molecule has 0 saturated heterocycles. The van der Waals surface area contributed by atoms with Crippen molar-refractivity contribution >= 4 is 100 Å². The highest BCUT2D eigenvalue weighted by molar-refractivity contribution is 7.93. The number of benzene rings is 1. The number of rotatable bonds is 6. The third-order valence-electron chi connectivity index (χ3n) is 3.95. The van der Waals surface area contributed by atoms with E-state index >= 15 is 0 Å². The fourth-order valence-corrected chi connectivity index (χ4v) is 8.84. The van der Waals surface area contributed by atoms with E-state index in [0.29, 0.717) is 0 Å². The van der Waals surface area contributed by atoms with Gasteiger partial charge in [0.05, 0.1) is 20.0 Å². The van der Waals surface area contributed by atoms with E-state index in [1.54, 1.807) is 13.8 Å². The summed E-state index contributed by atoms with van der Waals surface area (Å²) in [6, 6.07) is 5.45. The maximum Gasteiger partial charge on any atom is 0.264 e. The molecule has 0 radical (unpaired) electrons. The molecule has 0 fully saturated rings. The van der Waals surface area contributed by atoms with Gasteiger partial charge in [-0.15, -0.1) is 22.7 Å². The maximum absolute atomic E-state index is 12.8. The van der Waals surface area contributed by atoms with Crippen LogP contribution in [0.3, 0.4) is 0 Å². The normalized spacial score (nSPS) is 12.2. The van der Waals surface area contributed by atoms with E-state index in [-0.39, 0.29) is 38.5 Å². The van der Waals surface area contributed by atoms with Crippen molar-refractivity contribution in [3.05, 3.63) is 52.7 Å². The largest absolute Gasteiger partial charge is 0.277 e. The lowest BCUT2D eigenvalue weighted by Gasteiger charge is -2.16. The second-order valence-electron chi connectivity index (χ2n) is 6.07. The second-order valence-corrected chi connectivity index (χ2v) is 13.9. The van der Waals surface area contributed by atoms with Gasteiger partial charge in [-0.1, -0.05) is 46.4 Å². The van der Waals surface area contributed by atoms with Crippen molar-refractivity contribution in [1.29, 1.82) is 0 Å². The number of anilines is 2. The lowest BCUT2D eigenvalue weighted by Crippen LogP contribution is -2.18. The van der Waals surface area contributed by atoms with Crippen LogP contribution in [-0.2, 0) is 20.0 Å². The molecule has 0 saturated carbocycles. The van der Waals surface area contributed by atoms with E-state index < -0.39 is 20.0 Å². The zero-order valence-electron chi connectivity index (χ0n) is 15.1. The summed E-state index contributed by atoms with van der Waals surface area (Å²) in [5.41, 5.74) is 1.50. The fourth-order valence-electron chi connectivity index (χ4n) is 2.40. The summed E-state index contributed by atoms with van der Waals surface area (Å²) in [5, 5.41) is 0. The Bertz CT molecular complexity index is 1240. The standard InChI is InChI=1S/C16H12Cl4N2O4S4/c1-7-3-9(21-29(23,24)11-5-13(17)27-15(11)19)10(4-8(7)2)22-30(25,26)12-6-14(18)28-16(12)20/h3-6,21-22H,1-2H3. The van der Waals surface area contributed by atoms with E-state index in [4.69, 9.17) is 46.4 Å². The molecule has 2 heterocycles. The Morgan fingerprint density at radius 3 is 1.27 bits per heavy atom. The summed E-state index contributed by atoms with van der Waals surface area (Å²) >= 11 is 25.5. The van der Waals surface area contributed by atoms with Crippen LogP contribution < -0.4 is 9.44 Å². The summed E-state index contributed by atoms with van der Waals surface area (Å²) in [6.07, 6.45) is 0. The molecule has 0 amide bonds. The predicted octanol–water partition coefficient (Wildman–Crippen LogP) is 6.64. The molecule has 0 spiro atoms. The number of hydrogen-bond acceptors (Lipinski definition) is 6. The minimum atomic E-state index is -4.14. The highest BCUT2D eigenvalue weighted by Gasteiger charge is 2.26. The number of aryl methyl sites for hydroxylation is 2. The SMILES string of the molecule is Cc1cc(NS(=O)(=O)c2cc(Cl)sc2Cl)c(NS(=O)(=O)c2cc(Cl)sc2Cl)cc1C. The molecule has 0 atom stereocenters. The Hall–Kier alpha value is -0.720. The summed E-state index contributed by atoms with van der Waals surface area (Å²) < 4.78 is 56.4. The van der Waals surface area contributed by atoms with Crippen molar-refractivity contribution in [2.75, 3.05) is 9.44 Å². The second kappa shape index (κ2) is 8.67. The van der Waals surface area contributed by atoms with Crippen LogP contribution in [-0.4, -0.2) is 16.8 Å². The van der Waals surface area contributed by atoms with Gasteiger partial charge in [-0.3, -0.25) is 9.44 Å². The molecule has 0 bridgehead atoms. The Kier molecular flexibility index (Phi) is 6.91. The first-order valence-electron chi connectivity index (χ1n) is 7.86. The summed E-state index contributed by atoms with van der Waals surface area (Å²) in [5.74, 6) is 0. The highest BCUT2D eigenvalue weighted by atomic mass is 35.5. The van der Waals surface area contributed by atoms with Crippen molar-refractivity contribution in [2.24, 2.45) is 0 Å². The first-order chi connectivity index (χ1) is 13.8. The van der Waals surface area contributed by atoms with Crippen molar-refractivity contribution in [1.82, 2.24) is 0 Å². The fraction of sp³-hybridized carbons (Fsp3) is 0.125. The molecule has 2 aromatic heterocycles. The van der Waals surface area contributed by atoms with Crippen LogP contribution >= 0.6 is 69.1 Å². The predicted molar refractivity (Wildman–Crippen MR) is 126 cm³/mol. The van der Waals surface area contributed by atoms with E-state index in [9.17, 15) is 16.8 Å². The first kappa shape index (κ1) is 23.9. The number of nitrogens with one attached hydrogen (secondary N) is 2. The Balaban J connectivity index is 2.06. The minimum absolute atomic E-state index is 0.0116. The quantitative estimate of drug-likeness (QED) is 0.350. The molecule has 3 rings (SSSR count). The molecule has 0 aliphatic rings. The van der Waals surface area contributed by atoms with Crippen LogP contribution in [0.2, 0.25) is 17.3 Å². The zero-order valence-corrected chi connectivity index (χ0v) is 21.4. The van der Waals surface area contributed by atoms with Gasteiger partial charge < -0.3 is 0 Å². The van der Waals surface area contributed by atoms with Crippen LogP contribution in [0.25, 0.3) is 0 Å². The lowest BCUT2D eigenvalue weighted by atomic mass is 10.1. The average Bonchev–Trinajstić information content (AvgIpc) is 3.13. The Morgan fingerprint density at radius 2 is 1.00 bits per heavy atom. The molecule has 0 unspecified atom stereocenters. The van der Waals surface area contributed by atoms with Crippen LogP contribution in [0.15, 0.2) is 34.1 Å². The highest BCUT2D eigenvalue weighted by Crippen LogP contribution is 2.38. The number of thiophene rings is 2. The zero-order chi connectivity index (χ0) is 22.4. The number of hydrogen-bond donors (Lipinski definition) is 2. The molecular formula is C16H12Cl4N2O4S4. The maximum atomic E-state index is 12.8. The third-order valence-corrected chi connectivity index (χ3v) is 10.2. The van der Waals surface area contributed by atoms with Gasteiger partial charge in [0.15, 0.2) is 0 Å². The van der Waals surface area contributed by atoms with Gasteiger partial charge in [-0.05, 0) is 49.2 Å². The average molecular weight is 566 g/mol. The van der Waals surface area contributed by atoms with Gasteiger partial charge in [0.1, 0.15) is 18.5 Å². The van der Waals surface area contributed by atoms with Crippen molar-refractivity contribution < 1.29 is 16.8 Å². The van der Waals surface area contributed by atoms with Gasteiger partial charge in [0.2, 0.25) is 0 Å². The van der Waals surface area contributed by atoms with Gasteiger partial charge >= 0.3 is 0 Å². The smallest absolute Gasteiger partial charge is 0.264 e. The van der Waals surface area contributed by atoms with Gasteiger partial charge in [-0.2, -0.15) is 0 Å². The molecule has 1 aromatic carbocycles. The van der Waals surface area contributed by atoms with Crippen molar-refractivity contribution in [3.63, 3.8) is 0 Å². The van der Waals surface area contributed by atoms with Crippen LogP contribution in [0, 0.1) is 13.8 Å². The third kappa shape index (κ3) is 5.02. The van der Waals surface area contributed by atoms with Gasteiger partial charge in [0, 0.05) is 0 Å². The summed E-state index contributed by atoms with van der Waals surface area (Å²) in [7, 11) is -8.27. The molecule has 6 nitrogen and oxygen atoms in total. The number of sulfonamides is 2. The monoisotopic (exact) mass is 564 g/mol.